The molecule has 1 fully saturated rings. The second kappa shape index (κ2) is 5.83. The van der Waals surface area contributed by atoms with Crippen LogP contribution < -0.4 is 5.32 Å². The van der Waals surface area contributed by atoms with Gasteiger partial charge in [-0.25, -0.2) is 0 Å². The van der Waals surface area contributed by atoms with Crippen LogP contribution in [0.15, 0.2) is 15.9 Å². The Morgan fingerprint density at radius 3 is 2.82 bits per heavy atom. The molecule has 0 aliphatic carbocycles. The molecule has 0 amide bonds. The van der Waals surface area contributed by atoms with Gasteiger partial charge in [-0.05, 0) is 40.2 Å². The van der Waals surface area contributed by atoms with E-state index in [1.165, 1.54) is 28.7 Å². The van der Waals surface area contributed by atoms with Crippen molar-refractivity contribution < 1.29 is 0 Å². The maximum absolute atomic E-state index is 3.71. The second-order valence-corrected chi connectivity index (χ2v) is 6.67. The number of rotatable bonds is 4. The van der Waals surface area contributed by atoms with E-state index in [1.807, 2.05) is 11.3 Å². The van der Waals surface area contributed by atoms with Crippen molar-refractivity contribution in [1.82, 2.24) is 10.2 Å². The molecule has 0 radical (unpaired) electrons. The second-order valence-electron chi connectivity index (χ2n) is 4.82. The van der Waals surface area contributed by atoms with Gasteiger partial charge in [0.2, 0.25) is 0 Å². The summed E-state index contributed by atoms with van der Waals surface area (Å²) in [6.07, 6.45) is 2.43. The van der Waals surface area contributed by atoms with Crippen molar-refractivity contribution in [2.24, 2.45) is 0 Å². The van der Waals surface area contributed by atoms with E-state index in [0.717, 1.165) is 19.6 Å². The molecule has 1 aromatic heterocycles. The number of nitrogens with one attached hydrogen (secondary N) is 1. The summed E-state index contributed by atoms with van der Waals surface area (Å²) in [5.41, 5.74) is 0.335. The van der Waals surface area contributed by atoms with Crippen LogP contribution >= 0.6 is 27.3 Å². The summed E-state index contributed by atoms with van der Waals surface area (Å²) in [7, 11) is 0. The van der Waals surface area contributed by atoms with Crippen LogP contribution in [-0.2, 0) is 6.54 Å². The summed E-state index contributed by atoms with van der Waals surface area (Å²) >= 11 is 5.47. The predicted octanol–water partition coefficient (Wildman–Crippen LogP) is 3.47. The Labute approximate surface area is 117 Å². The molecule has 0 unspecified atom stereocenters. The Kier molecular flexibility index (Phi) is 4.64. The summed E-state index contributed by atoms with van der Waals surface area (Å²) in [4.78, 5) is 4.04. The lowest BCUT2D eigenvalue weighted by Crippen LogP contribution is -2.59. The van der Waals surface area contributed by atoms with E-state index in [2.05, 4.69) is 51.4 Å². The van der Waals surface area contributed by atoms with Crippen molar-refractivity contribution in [3.63, 3.8) is 0 Å². The summed E-state index contributed by atoms with van der Waals surface area (Å²) in [6.45, 7) is 9.12. The molecule has 0 spiro atoms. The highest BCUT2D eigenvalue weighted by Crippen LogP contribution is 2.27. The summed E-state index contributed by atoms with van der Waals surface area (Å²) in [6, 6.07) is 2.15. The van der Waals surface area contributed by atoms with Gasteiger partial charge in [0.15, 0.2) is 0 Å². The van der Waals surface area contributed by atoms with Gasteiger partial charge >= 0.3 is 0 Å². The van der Waals surface area contributed by atoms with E-state index in [9.17, 15) is 0 Å². The first-order valence-electron chi connectivity index (χ1n) is 6.38. The molecule has 1 N–H and O–H groups in total. The quantitative estimate of drug-likeness (QED) is 0.915. The van der Waals surface area contributed by atoms with Crippen LogP contribution in [0.3, 0.4) is 0 Å². The lowest BCUT2D eigenvalue weighted by atomic mass is 9.90. The predicted molar refractivity (Wildman–Crippen MR) is 78.6 cm³/mol. The van der Waals surface area contributed by atoms with Gasteiger partial charge in [0, 0.05) is 41.1 Å². The number of thiophene rings is 1. The minimum absolute atomic E-state index is 0.335. The average Bonchev–Trinajstić information content (AvgIpc) is 2.75. The van der Waals surface area contributed by atoms with Crippen molar-refractivity contribution in [2.45, 2.75) is 38.8 Å². The summed E-state index contributed by atoms with van der Waals surface area (Å²) in [5.74, 6) is 0. The van der Waals surface area contributed by atoms with Crippen LogP contribution in [0, 0.1) is 0 Å². The van der Waals surface area contributed by atoms with E-state index in [1.54, 1.807) is 0 Å². The molecule has 1 aliphatic heterocycles. The first-order valence-corrected chi connectivity index (χ1v) is 8.05. The average molecular weight is 317 g/mol. The SMILES string of the molecule is CCC1(CC)CN(Cc2sccc2Br)CCN1. The topological polar surface area (TPSA) is 15.3 Å². The smallest absolute Gasteiger partial charge is 0.0340 e. The van der Waals surface area contributed by atoms with Crippen LogP contribution in [0.1, 0.15) is 31.6 Å². The molecule has 4 heteroatoms. The highest BCUT2D eigenvalue weighted by atomic mass is 79.9. The molecule has 2 rings (SSSR count). The summed E-state index contributed by atoms with van der Waals surface area (Å²) in [5, 5.41) is 5.87. The lowest BCUT2D eigenvalue weighted by Gasteiger charge is -2.43. The van der Waals surface area contributed by atoms with Crippen molar-refractivity contribution >= 4 is 27.3 Å². The van der Waals surface area contributed by atoms with Crippen LogP contribution in [0.5, 0.6) is 0 Å². The van der Waals surface area contributed by atoms with Gasteiger partial charge in [-0.15, -0.1) is 11.3 Å². The molecule has 2 nitrogen and oxygen atoms in total. The number of nitrogens with zero attached hydrogens (tertiary/aromatic N) is 1. The molecule has 0 aromatic carbocycles. The molecule has 0 bridgehead atoms. The first-order chi connectivity index (χ1) is 8.19. The minimum atomic E-state index is 0.335. The van der Waals surface area contributed by atoms with Crippen LogP contribution in [0.4, 0.5) is 0 Å². The third-order valence-electron chi connectivity index (χ3n) is 3.87. The van der Waals surface area contributed by atoms with E-state index >= 15 is 0 Å². The van der Waals surface area contributed by atoms with Crippen LogP contribution in [0.2, 0.25) is 0 Å². The highest BCUT2D eigenvalue weighted by Gasteiger charge is 2.31. The summed E-state index contributed by atoms with van der Waals surface area (Å²) < 4.78 is 1.26. The zero-order valence-corrected chi connectivity index (χ0v) is 13.0. The lowest BCUT2D eigenvalue weighted by molar-refractivity contribution is 0.119. The molecule has 17 heavy (non-hydrogen) atoms. The van der Waals surface area contributed by atoms with Crippen LogP contribution in [-0.4, -0.2) is 30.1 Å². The van der Waals surface area contributed by atoms with E-state index in [0.29, 0.717) is 5.54 Å². The van der Waals surface area contributed by atoms with Crippen LogP contribution in [0.25, 0.3) is 0 Å². The molecular weight excluding hydrogens is 296 g/mol. The fourth-order valence-electron chi connectivity index (χ4n) is 2.54. The fourth-order valence-corrected chi connectivity index (χ4v) is 4.06. The standard InChI is InChI=1S/C13H21BrN2S/c1-3-13(4-2)10-16(7-6-15-13)9-12-11(14)5-8-17-12/h5,8,15H,3-4,6-7,9-10H2,1-2H3. The highest BCUT2D eigenvalue weighted by molar-refractivity contribution is 9.10. The number of halogens is 1. The van der Waals surface area contributed by atoms with Gasteiger partial charge in [-0.1, -0.05) is 13.8 Å². The van der Waals surface area contributed by atoms with Crippen molar-refractivity contribution in [3.8, 4) is 0 Å². The first kappa shape index (κ1) is 13.5. The van der Waals surface area contributed by atoms with Gasteiger partial charge in [0.05, 0.1) is 0 Å². The van der Waals surface area contributed by atoms with Gasteiger partial charge < -0.3 is 5.32 Å². The Morgan fingerprint density at radius 2 is 2.24 bits per heavy atom. The molecule has 0 atom stereocenters. The minimum Gasteiger partial charge on any atom is -0.309 e. The maximum atomic E-state index is 3.71. The number of piperazine rings is 1. The molecule has 96 valence electrons. The molecule has 2 heterocycles. The van der Waals surface area contributed by atoms with Gasteiger partial charge in [-0.2, -0.15) is 0 Å². The van der Waals surface area contributed by atoms with Crippen molar-refractivity contribution in [3.05, 3.63) is 20.8 Å². The molecule has 1 aromatic rings. The zero-order valence-electron chi connectivity index (χ0n) is 10.6. The monoisotopic (exact) mass is 316 g/mol. The number of hydrogen-bond acceptors (Lipinski definition) is 3. The van der Waals surface area contributed by atoms with Crippen molar-refractivity contribution in [2.75, 3.05) is 19.6 Å². The Balaban J connectivity index is 2.00. The van der Waals surface area contributed by atoms with Gasteiger partial charge in [0.25, 0.3) is 0 Å². The Bertz CT molecular complexity index is 360. The largest absolute Gasteiger partial charge is 0.309 e. The Hall–Kier alpha value is 0.1000. The fraction of sp³-hybridized carbons (Fsp3) is 0.692. The van der Waals surface area contributed by atoms with Gasteiger partial charge in [-0.3, -0.25) is 4.90 Å². The van der Waals surface area contributed by atoms with Crippen molar-refractivity contribution in [1.29, 1.82) is 0 Å². The molecule has 0 saturated carbocycles. The zero-order chi connectivity index (χ0) is 12.3. The van der Waals surface area contributed by atoms with E-state index in [4.69, 9.17) is 0 Å². The van der Waals surface area contributed by atoms with E-state index in [-0.39, 0.29) is 0 Å². The maximum Gasteiger partial charge on any atom is 0.0340 e. The Morgan fingerprint density at radius 1 is 1.47 bits per heavy atom. The van der Waals surface area contributed by atoms with Gasteiger partial charge in [0.1, 0.15) is 0 Å². The molecule has 1 saturated heterocycles. The van der Waals surface area contributed by atoms with E-state index < -0.39 is 0 Å². The molecular formula is C13H21BrN2S. The third-order valence-corrected chi connectivity index (χ3v) is 5.78. The normalized spacial score (nSPS) is 20.6. The third kappa shape index (κ3) is 3.11. The number of hydrogen-bond donors (Lipinski definition) is 1. The molecule has 1 aliphatic rings.